The van der Waals surface area contributed by atoms with Gasteiger partial charge in [0.2, 0.25) is 0 Å². The van der Waals surface area contributed by atoms with Gasteiger partial charge in [-0.25, -0.2) is 13.8 Å². The lowest BCUT2D eigenvalue weighted by molar-refractivity contribution is -0.137. The van der Waals surface area contributed by atoms with E-state index in [9.17, 15) is 27.1 Å². The number of hydrogen-bond donors (Lipinski definition) is 2. The second-order valence-electron chi connectivity index (χ2n) is 9.16. The van der Waals surface area contributed by atoms with Crippen LogP contribution in [0.4, 0.5) is 27.8 Å². The minimum absolute atomic E-state index is 0.0880. The van der Waals surface area contributed by atoms with E-state index in [1.165, 1.54) is 10.9 Å². The van der Waals surface area contributed by atoms with Crippen molar-refractivity contribution in [1.82, 2.24) is 19.7 Å². The molecule has 3 heterocycles. The summed E-state index contributed by atoms with van der Waals surface area (Å²) in [5, 5.41) is 13.4. The molecule has 3 aliphatic rings. The van der Waals surface area contributed by atoms with Crippen molar-refractivity contribution in [2.24, 2.45) is 17.8 Å². The van der Waals surface area contributed by atoms with Gasteiger partial charge in [-0.3, -0.25) is 9.58 Å². The largest absolute Gasteiger partial charge is 0.419 e. The van der Waals surface area contributed by atoms with Gasteiger partial charge in [0.25, 0.3) is 6.43 Å². The number of aromatic nitrogens is 3. The Balaban J connectivity index is 1.37. The predicted octanol–water partition coefficient (Wildman–Crippen LogP) is 3.23. The topological polar surface area (TPSA) is 80.2 Å². The molecular weight excluding hydrogens is 433 g/mol. The molecule has 3 N–H and O–H groups in total. The average molecular weight is 457 g/mol. The van der Waals surface area contributed by atoms with Crippen LogP contribution in [-0.4, -0.2) is 56.9 Å². The number of hydrogen-bond acceptors (Lipinski definition) is 5. The van der Waals surface area contributed by atoms with Crippen LogP contribution in [0.3, 0.4) is 0 Å². The van der Waals surface area contributed by atoms with Crippen molar-refractivity contribution in [3.8, 4) is 11.3 Å². The number of halogens is 5. The number of nitrogens with two attached hydrogens (primary N) is 1. The van der Waals surface area contributed by atoms with Crippen molar-refractivity contribution in [2.45, 2.75) is 43.9 Å². The fourth-order valence-corrected chi connectivity index (χ4v) is 5.53. The number of nitrogens with zero attached hydrogens (tertiary/aromatic N) is 4. The molecule has 2 saturated carbocycles. The van der Waals surface area contributed by atoms with E-state index in [-0.39, 0.29) is 23.8 Å². The number of fused-ring (bicyclic) bond motifs is 1. The van der Waals surface area contributed by atoms with Crippen molar-refractivity contribution in [2.75, 3.05) is 25.4 Å². The molecule has 0 radical (unpaired) electrons. The minimum atomic E-state index is -4.67. The molecule has 2 aromatic heterocycles. The molecule has 3 fully saturated rings. The fraction of sp³-hybridized carbons (Fsp3) is 0.619. The van der Waals surface area contributed by atoms with Crippen LogP contribution in [0.15, 0.2) is 18.3 Å². The van der Waals surface area contributed by atoms with E-state index < -0.39 is 30.5 Å². The van der Waals surface area contributed by atoms with Gasteiger partial charge in [0.1, 0.15) is 12.4 Å². The summed E-state index contributed by atoms with van der Waals surface area (Å²) in [5.74, 6) is 0.525. The van der Waals surface area contributed by atoms with Crippen molar-refractivity contribution in [3.63, 3.8) is 0 Å². The maximum atomic E-state index is 13.2. The number of aliphatic hydroxyl groups is 1. The zero-order valence-electron chi connectivity index (χ0n) is 17.1. The van der Waals surface area contributed by atoms with E-state index in [1.54, 1.807) is 6.07 Å². The van der Waals surface area contributed by atoms with E-state index in [0.29, 0.717) is 29.5 Å². The van der Waals surface area contributed by atoms with Crippen LogP contribution in [0, 0.1) is 17.8 Å². The highest BCUT2D eigenvalue weighted by Gasteiger charge is 2.59. The van der Waals surface area contributed by atoms with Gasteiger partial charge < -0.3 is 10.8 Å². The number of alkyl halides is 5. The Labute approximate surface area is 181 Å². The third kappa shape index (κ3) is 3.75. The van der Waals surface area contributed by atoms with Crippen LogP contribution in [-0.2, 0) is 12.7 Å². The molecule has 5 rings (SSSR count). The Hall–Kier alpha value is -2.27. The van der Waals surface area contributed by atoms with Crippen molar-refractivity contribution < 1.29 is 27.1 Å². The maximum Gasteiger partial charge on any atom is 0.419 e. The predicted molar refractivity (Wildman–Crippen MR) is 106 cm³/mol. The SMILES string of the molecule is Nc1ncc(-c2cc([C@H]3[C@@H]4C[C@H](N5CC(CO)C5)C[C@@H]43)n(CC(F)F)n2)cc1C(F)(F)F. The molecule has 0 aromatic carbocycles. The zero-order chi connectivity index (χ0) is 22.8. The molecule has 0 unspecified atom stereocenters. The van der Waals surface area contributed by atoms with Crippen molar-refractivity contribution >= 4 is 5.82 Å². The van der Waals surface area contributed by atoms with Gasteiger partial charge in [0.05, 0.1) is 11.3 Å². The number of aliphatic hydroxyl groups excluding tert-OH is 1. The Morgan fingerprint density at radius 1 is 1.16 bits per heavy atom. The highest BCUT2D eigenvalue weighted by atomic mass is 19.4. The molecular formula is C21H24F5N5O. The van der Waals surface area contributed by atoms with Gasteiger partial charge >= 0.3 is 6.18 Å². The second kappa shape index (κ2) is 7.65. The lowest BCUT2D eigenvalue weighted by atomic mass is 9.95. The summed E-state index contributed by atoms with van der Waals surface area (Å²) in [6.07, 6.45) is -4.18. The van der Waals surface area contributed by atoms with E-state index in [1.807, 2.05) is 0 Å². The van der Waals surface area contributed by atoms with Crippen LogP contribution in [0.5, 0.6) is 0 Å². The number of rotatable bonds is 6. The Morgan fingerprint density at radius 2 is 1.84 bits per heavy atom. The molecule has 11 heteroatoms. The third-order valence-electron chi connectivity index (χ3n) is 7.16. The molecule has 4 atom stereocenters. The molecule has 0 amide bonds. The lowest BCUT2D eigenvalue weighted by Crippen LogP contribution is -2.52. The van der Waals surface area contributed by atoms with Crippen molar-refractivity contribution in [3.05, 3.63) is 29.6 Å². The molecule has 2 aromatic rings. The van der Waals surface area contributed by atoms with Gasteiger partial charge in [-0.2, -0.15) is 18.3 Å². The standard InChI is InChI=1S/C21H24F5N5O/c22-18(23)8-31-17(19-13-2-12(3-14(13)19)30-6-10(7-30)9-32)4-16(29-31)11-1-15(21(24,25)26)20(27)28-5-11/h1,4-5,10,12-14,18-19,32H,2-3,6-9H2,(H2,27,28)/t12-,13+,14-,19-. The van der Waals surface area contributed by atoms with E-state index in [4.69, 9.17) is 5.73 Å². The van der Waals surface area contributed by atoms with Crippen LogP contribution in [0.25, 0.3) is 11.3 Å². The lowest BCUT2D eigenvalue weighted by Gasteiger charge is -2.43. The molecule has 174 valence electrons. The Bertz CT molecular complexity index is 991. The molecule has 0 bridgehead atoms. The van der Waals surface area contributed by atoms with E-state index in [0.717, 1.165) is 32.0 Å². The summed E-state index contributed by atoms with van der Waals surface area (Å²) in [7, 11) is 0. The quantitative estimate of drug-likeness (QED) is 0.652. The van der Waals surface area contributed by atoms with Gasteiger partial charge in [0.15, 0.2) is 0 Å². The minimum Gasteiger partial charge on any atom is -0.396 e. The Morgan fingerprint density at radius 3 is 2.44 bits per heavy atom. The van der Waals surface area contributed by atoms with Crippen LogP contribution < -0.4 is 5.73 Å². The molecule has 32 heavy (non-hydrogen) atoms. The third-order valence-corrected chi connectivity index (χ3v) is 7.16. The molecule has 0 spiro atoms. The summed E-state index contributed by atoms with van der Waals surface area (Å²) in [6.45, 7) is 1.38. The maximum absolute atomic E-state index is 13.2. The molecule has 6 nitrogen and oxygen atoms in total. The number of anilines is 1. The second-order valence-corrected chi connectivity index (χ2v) is 9.16. The summed E-state index contributed by atoms with van der Waals surface area (Å²) >= 11 is 0. The van der Waals surface area contributed by atoms with Crippen LogP contribution in [0.1, 0.15) is 30.0 Å². The summed E-state index contributed by atoms with van der Waals surface area (Å²) in [5.41, 5.74) is 5.24. The summed E-state index contributed by atoms with van der Waals surface area (Å²) in [4.78, 5) is 6.00. The van der Waals surface area contributed by atoms with Crippen LogP contribution >= 0.6 is 0 Å². The highest BCUT2D eigenvalue weighted by molar-refractivity contribution is 5.63. The molecule has 1 aliphatic heterocycles. The number of likely N-dealkylation sites (tertiary alicyclic amines) is 1. The first kappa shape index (κ1) is 21.6. The number of nitrogen functional groups attached to an aromatic ring is 1. The normalized spacial score (nSPS) is 28.2. The van der Waals surface area contributed by atoms with Crippen LogP contribution in [0.2, 0.25) is 0 Å². The highest BCUT2D eigenvalue weighted by Crippen LogP contribution is 2.64. The first-order chi connectivity index (χ1) is 15.2. The molecule has 2 aliphatic carbocycles. The summed E-state index contributed by atoms with van der Waals surface area (Å²) in [6, 6.07) is 2.94. The van der Waals surface area contributed by atoms with Gasteiger partial charge in [-0.05, 0) is 36.8 Å². The van der Waals surface area contributed by atoms with E-state index in [2.05, 4.69) is 15.0 Å². The monoisotopic (exact) mass is 457 g/mol. The molecule has 1 saturated heterocycles. The van der Waals surface area contributed by atoms with Gasteiger partial charge in [0, 0.05) is 55.0 Å². The smallest absolute Gasteiger partial charge is 0.396 e. The first-order valence-corrected chi connectivity index (χ1v) is 10.7. The number of pyridine rings is 1. The van der Waals surface area contributed by atoms with Gasteiger partial charge in [-0.1, -0.05) is 0 Å². The Kier molecular flexibility index (Phi) is 5.16. The fourth-order valence-electron chi connectivity index (χ4n) is 5.53. The van der Waals surface area contributed by atoms with Crippen molar-refractivity contribution in [1.29, 1.82) is 0 Å². The summed E-state index contributed by atoms with van der Waals surface area (Å²) < 4.78 is 67.3. The average Bonchev–Trinajstić information content (AvgIpc) is 3.00. The van der Waals surface area contributed by atoms with Gasteiger partial charge in [-0.15, -0.1) is 0 Å². The van der Waals surface area contributed by atoms with E-state index >= 15 is 0 Å². The first-order valence-electron chi connectivity index (χ1n) is 10.7. The zero-order valence-corrected chi connectivity index (χ0v) is 17.1.